The third-order valence-electron chi connectivity index (χ3n) is 2.90. The van der Waals surface area contributed by atoms with Crippen LogP contribution in [0.2, 0.25) is 0 Å². The zero-order valence-corrected chi connectivity index (χ0v) is 9.77. The van der Waals surface area contributed by atoms with Gasteiger partial charge in [0.2, 0.25) is 0 Å². The summed E-state index contributed by atoms with van der Waals surface area (Å²) in [6.45, 7) is 4.09. The lowest BCUT2D eigenvalue weighted by atomic mass is 9.96. The molecule has 3 nitrogen and oxygen atoms in total. The molecule has 0 aliphatic rings. The molecule has 0 radical (unpaired) electrons. The summed E-state index contributed by atoms with van der Waals surface area (Å²) in [5.41, 5.74) is 1.04. The molecular weight excluding hydrogens is 216 g/mol. The van der Waals surface area contributed by atoms with Gasteiger partial charge in [0, 0.05) is 5.39 Å². The molecule has 2 N–H and O–H groups in total. The van der Waals surface area contributed by atoms with E-state index in [1.165, 1.54) is 6.07 Å². The first kappa shape index (κ1) is 11.5. The van der Waals surface area contributed by atoms with Gasteiger partial charge in [-0.05, 0) is 29.0 Å². The Morgan fingerprint density at radius 2 is 1.82 bits per heavy atom. The fourth-order valence-electron chi connectivity index (χ4n) is 1.91. The summed E-state index contributed by atoms with van der Waals surface area (Å²) in [6, 6.07) is 8.84. The molecule has 0 unspecified atom stereocenters. The highest BCUT2D eigenvalue weighted by Crippen LogP contribution is 2.29. The fourth-order valence-corrected chi connectivity index (χ4v) is 1.91. The summed E-state index contributed by atoms with van der Waals surface area (Å²) < 4.78 is 0. The molecule has 0 bridgehead atoms. The summed E-state index contributed by atoms with van der Waals surface area (Å²) in [7, 11) is 0. The largest absolute Gasteiger partial charge is 0.507 e. The van der Waals surface area contributed by atoms with Crippen LogP contribution in [0, 0.1) is 0 Å². The number of hydrogen-bond donors (Lipinski definition) is 2. The minimum atomic E-state index is -1.10. The number of rotatable bonds is 2. The van der Waals surface area contributed by atoms with Crippen LogP contribution in [0.15, 0.2) is 30.3 Å². The molecule has 0 heterocycles. The second kappa shape index (κ2) is 4.09. The number of hydrogen-bond acceptors (Lipinski definition) is 2. The predicted octanol–water partition coefficient (Wildman–Crippen LogP) is 3.37. The van der Waals surface area contributed by atoms with Gasteiger partial charge in [0.1, 0.15) is 11.3 Å². The van der Waals surface area contributed by atoms with E-state index in [2.05, 4.69) is 0 Å². The highest BCUT2D eigenvalue weighted by atomic mass is 16.4. The van der Waals surface area contributed by atoms with Crippen LogP contribution in [0.5, 0.6) is 5.75 Å². The van der Waals surface area contributed by atoms with E-state index in [4.69, 9.17) is 5.11 Å². The van der Waals surface area contributed by atoms with Crippen molar-refractivity contribution in [3.8, 4) is 5.75 Å². The van der Waals surface area contributed by atoms with Crippen molar-refractivity contribution in [2.24, 2.45) is 0 Å². The second-order valence-corrected chi connectivity index (χ2v) is 4.40. The van der Waals surface area contributed by atoms with E-state index >= 15 is 0 Å². The predicted molar refractivity (Wildman–Crippen MR) is 66.7 cm³/mol. The molecule has 2 rings (SSSR count). The highest BCUT2D eigenvalue weighted by molar-refractivity contribution is 6.06. The molecule has 0 aromatic heterocycles. The Bertz CT molecular complexity index is 585. The van der Waals surface area contributed by atoms with Crippen LogP contribution in [0.3, 0.4) is 0 Å². The van der Waals surface area contributed by atoms with E-state index in [1.54, 1.807) is 6.07 Å². The van der Waals surface area contributed by atoms with Crippen molar-refractivity contribution in [3.63, 3.8) is 0 Å². The molecule has 2 aromatic rings. The third-order valence-corrected chi connectivity index (χ3v) is 2.90. The Morgan fingerprint density at radius 1 is 1.18 bits per heavy atom. The number of fused-ring (bicyclic) bond motifs is 1. The fraction of sp³-hybridized carbons (Fsp3) is 0.214. The number of aromatic hydroxyl groups is 1. The molecule has 0 saturated carbocycles. The van der Waals surface area contributed by atoms with Gasteiger partial charge in [-0.15, -0.1) is 0 Å². The SMILES string of the molecule is CC(C)c1ccc2ccc(O)c(C(=O)O)c2c1. The number of phenols is 1. The number of benzene rings is 2. The van der Waals surface area contributed by atoms with Crippen molar-refractivity contribution in [1.82, 2.24) is 0 Å². The van der Waals surface area contributed by atoms with Gasteiger partial charge in [-0.1, -0.05) is 32.0 Å². The lowest BCUT2D eigenvalue weighted by molar-refractivity contribution is 0.0696. The van der Waals surface area contributed by atoms with Gasteiger partial charge in [-0.3, -0.25) is 0 Å². The van der Waals surface area contributed by atoms with Crippen molar-refractivity contribution in [2.75, 3.05) is 0 Å². The maximum Gasteiger partial charge on any atom is 0.340 e. The lowest BCUT2D eigenvalue weighted by Crippen LogP contribution is -1.99. The molecule has 0 fully saturated rings. The van der Waals surface area contributed by atoms with Gasteiger partial charge < -0.3 is 10.2 Å². The van der Waals surface area contributed by atoms with Crippen LogP contribution in [0.4, 0.5) is 0 Å². The Kier molecular flexibility index (Phi) is 2.76. The topological polar surface area (TPSA) is 57.5 Å². The summed E-state index contributed by atoms with van der Waals surface area (Å²) in [5, 5.41) is 20.2. The van der Waals surface area contributed by atoms with Crippen molar-refractivity contribution in [1.29, 1.82) is 0 Å². The van der Waals surface area contributed by atoms with Crippen molar-refractivity contribution >= 4 is 16.7 Å². The van der Waals surface area contributed by atoms with Crippen LogP contribution in [-0.2, 0) is 0 Å². The maximum atomic E-state index is 11.2. The summed E-state index contributed by atoms with van der Waals surface area (Å²) in [5.74, 6) is -0.969. The maximum absolute atomic E-state index is 11.2. The zero-order valence-electron chi connectivity index (χ0n) is 9.77. The molecule has 88 valence electrons. The Balaban J connectivity index is 2.81. The molecule has 0 atom stereocenters. The van der Waals surface area contributed by atoms with Gasteiger partial charge in [-0.25, -0.2) is 4.79 Å². The molecule has 0 amide bonds. The molecule has 0 aliphatic carbocycles. The Hall–Kier alpha value is -2.03. The van der Waals surface area contributed by atoms with Gasteiger partial charge in [0.25, 0.3) is 0 Å². The lowest BCUT2D eigenvalue weighted by Gasteiger charge is -2.09. The average molecular weight is 230 g/mol. The van der Waals surface area contributed by atoms with E-state index in [9.17, 15) is 9.90 Å². The Labute approximate surface area is 99.3 Å². The van der Waals surface area contributed by atoms with Crippen molar-refractivity contribution in [3.05, 3.63) is 41.5 Å². The molecule has 17 heavy (non-hydrogen) atoms. The molecule has 0 spiro atoms. The second-order valence-electron chi connectivity index (χ2n) is 4.40. The first-order chi connectivity index (χ1) is 8.00. The number of carboxylic acids is 1. The first-order valence-electron chi connectivity index (χ1n) is 5.49. The van der Waals surface area contributed by atoms with Crippen LogP contribution < -0.4 is 0 Å². The highest BCUT2D eigenvalue weighted by Gasteiger charge is 2.14. The summed E-state index contributed by atoms with van der Waals surface area (Å²) in [4.78, 5) is 11.2. The summed E-state index contributed by atoms with van der Waals surface area (Å²) in [6.07, 6.45) is 0. The van der Waals surface area contributed by atoms with Gasteiger partial charge in [0.05, 0.1) is 0 Å². The normalized spacial score (nSPS) is 11.0. The molecule has 0 aliphatic heterocycles. The van der Waals surface area contributed by atoms with E-state index in [0.29, 0.717) is 11.3 Å². The van der Waals surface area contributed by atoms with Gasteiger partial charge in [-0.2, -0.15) is 0 Å². The van der Waals surface area contributed by atoms with E-state index in [0.717, 1.165) is 10.9 Å². The molecular formula is C14H14O3. The monoisotopic (exact) mass is 230 g/mol. The Morgan fingerprint density at radius 3 is 2.41 bits per heavy atom. The zero-order chi connectivity index (χ0) is 12.6. The average Bonchev–Trinajstić information content (AvgIpc) is 2.27. The smallest absolute Gasteiger partial charge is 0.340 e. The number of aromatic carboxylic acids is 1. The van der Waals surface area contributed by atoms with Crippen molar-refractivity contribution < 1.29 is 15.0 Å². The summed E-state index contributed by atoms with van der Waals surface area (Å²) >= 11 is 0. The first-order valence-corrected chi connectivity index (χ1v) is 5.49. The minimum Gasteiger partial charge on any atom is -0.507 e. The van der Waals surface area contributed by atoms with Gasteiger partial charge in [0.15, 0.2) is 0 Å². The minimum absolute atomic E-state index is 0.0231. The molecule has 2 aromatic carbocycles. The molecule has 0 saturated heterocycles. The number of carbonyl (C=O) groups is 1. The molecule has 3 heteroatoms. The van der Waals surface area contributed by atoms with E-state index in [1.807, 2.05) is 32.0 Å². The van der Waals surface area contributed by atoms with Crippen LogP contribution in [0.1, 0.15) is 35.7 Å². The quantitative estimate of drug-likeness (QED) is 0.831. The van der Waals surface area contributed by atoms with E-state index < -0.39 is 5.97 Å². The van der Waals surface area contributed by atoms with Crippen LogP contribution >= 0.6 is 0 Å². The number of carboxylic acid groups (broad SMARTS) is 1. The van der Waals surface area contributed by atoms with Gasteiger partial charge >= 0.3 is 5.97 Å². The van der Waals surface area contributed by atoms with E-state index in [-0.39, 0.29) is 11.3 Å². The van der Waals surface area contributed by atoms with Crippen LogP contribution in [-0.4, -0.2) is 16.2 Å². The standard InChI is InChI=1S/C14H14O3/c1-8(2)10-4-3-9-5-6-12(15)13(14(16)17)11(9)7-10/h3-8,15H,1-2H3,(H,16,17). The van der Waals surface area contributed by atoms with Crippen molar-refractivity contribution in [2.45, 2.75) is 19.8 Å². The van der Waals surface area contributed by atoms with Crippen LogP contribution in [0.25, 0.3) is 10.8 Å². The third kappa shape index (κ3) is 1.96.